The second-order valence-electron chi connectivity index (χ2n) is 5.54. The van der Waals surface area contributed by atoms with Gasteiger partial charge in [-0.3, -0.25) is 0 Å². The lowest BCUT2D eigenvalue weighted by molar-refractivity contribution is 0.0975. The van der Waals surface area contributed by atoms with Gasteiger partial charge in [-0.05, 0) is 50.9 Å². The molecule has 1 aromatic rings. The minimum Gasteiger partial charge on any atom is -0.492 e. The molecule has 0 radical (unpaired) electrons. The van der Waals surface area contributed by atoms with E-state index in [-0.39, 0.29) is 0 Å². The Bertz CT molecular complexity index is 441. The maximum atomic E-state index is 6.18. The topological polar surface area (TPSA) is 50.5 Å². The molecular weight excluding hydrogens is 238 g/mol. The van der Waals surface area contributed by atoms with Crippen LogP contribution in [0.1, 0.15) is 19.8 Å². The van der Waals surface area contributed by atoms with Crippen molar-refractivity contribution in [3.05, 3.63) is 18.2 Å². The van der Waals surface area contributed by atoms with Crippen LogP contribution >= 0.6 is 0 Å². The van der Waals surface area contributed by atoms with Gasteiger partial charge in [0.15, 0.2) is 0 Å². The van der Waals surface area contributed by atoms with E-state index in [1.165, 1.54) is 25.9 Å². The fourth-order valence-electron chi connectivity index (χ4n) is 3.28. The van der Waals surface area contributed by atoms with Crippen molar-refractivity contribution >= 4 is 11.4 Å². The average molecular weight is 261 g/mol. The van der Waals surface area contributed by atoms with Crippen molar-refractivity contribution in [3.8, 4) is 5.75 Å². The third-order valence-electron chi connectivity index (χ3n) is 4.36. The summed E-state index contributed by atoms with van der Waals surface area (Å²) in [6, 6.07) is 6.52. The first-order valence-corrected chi connectivity index (χ1v) is 7.28. The number of fused-ring (bicyclic) bond motifs is 3. The summed E-state index contributed by atoms with van der Waals surface area (Å²) in [5.41, 5.74) is 7.94. The van der Waals surface area contributed by atoms with E-state index in [4.69, 9.17) is 10.5 Å². The fourth-order valence-corrected chi connectivity index (χ4v) is 3.28. The maximum Gasteiger partial charge on any atom is 0.144 e. The molecule has 19 heavy (non-hydrogen) atoms. The van der Waals surface area contributed by atoms with Crippen molar-refractivity contribution in [1.82, 2.24) is 4.90 Å². The minimum absolute atomic E-state index is 0.529. The van der Waals surface area contributed by atoms with Gasteiger partial charge in [-0.2, -0.15) is 0 Å². The Hall–Kier alpha value is -1.42. The lowest BCUT2D eigenvalue weighted by Gasteiger charge is -2.45. The van der Waals surface area contributed by atoms with Crippen LogP contribution in [0.4, 0.5) is 11.4 Å². The molecule has 2 bridgehead atoms. The Morgan fingerprint density at radius 1 is 1.37 bits per heavy atom. The van der Waals surface area contributed by atoms with E-state index < -0.39 is 0 Å². The number of ether oxygens (including phenoxy) is 1. The smallest absolute Gasteiger partial charge is 0.144 e. The van der Waals surface area contributed by atoms with E-state index in [1.54, 1.807) is 0 Å². The zero-order chi connectivity index (χ0) is 13.2. The van der Waals surface area contributed by atoms with Gasteiger partial charge in [0.1, 0.15) is 5.75 Å². The number of hydrogen-bond donors (Lipinski definition) is 2. The van der Waals surface area contributed by atoms with Crippen LogP contribution in [0.5, 0.6) is 5.75 Å². The van der Waals surface area contributed by atoms with Gasteiger partial charge in [0.05, 0.1) is 18.0 Å². The summed E-state index contributed by atoms with van der Waals surface area (Å²) in [5.74, 6) is 1.58. The molecule has 4 heteroatoms. The second kappa shape index (κ2) is 5.29. The summed E-state index contributed by atoms with van der Waals surface area (Å²) in [5, 5.41) is 3.63. The molecule has 3 heterocycles. The van der Waals surface area contributed by atoms with Gasteiger partial charge in [0, 0.05) is 12.6 Å². The van der Waals surface area contributed by atoms with Gasteiger partial charge in [-0.1, -0.05) is 6.07 Å². The second-order valence-corrected chi connectivity index (χ2v) is 5.54. The third-order valence-corrected chi connectivity index (χ3v) is 4.36. The van der Waals surface area contributed by atoms with Crippen LogP contribution in [-0.2, 0) is 0 Å². The Labute approximate surface area is 114 Å². The maximum absolute atomic E-state index is 6.18. The standard InChI is InChI=1S/C15H23N3O/c1-2-19-14-5-3-4-12(15(14)16)17-13-10-18-8-6-11(13)7-9-18/h3-5,11,13,17H,2,6-10,16H2,1H3. The molecule has 4 rings (SSSR count). The van der Waals surface area contributed by atoms with Crippen molar-refractivity contribution in [3.63, 3.8) is 0 Å². The molecule has 104 valence electrons. The monoisotopic (exact) mass is 261 g/mol. The van der Waals surface area contributed by atoms with Gasteiger partial charge >= 0.3 is 0 Å². The highest BCUT2D eigenvalue weighted by Gasteiger charge is 2.34. The summed E-state index contributed by atoms with van der Waals surface area (Å²) in [4.78, 5) is 2.54. The van der Waals surface area contributed by atoms with Crippen molar-refractivity contribution in [2.24, 2.45) is 5.92 Å². The van der Waals surface area contributed by atoms with Gasteiger partial charge in [-0.15, -0.1) is 0 Å². The average Bonchev–Trinajstić information content (AvgIpc) is 2.45. The normalized spacial score (nSPS) is 29.2. The van der Waals surface area contributed by atoms with Crippen LogP contribution in [0.2, 0.25) is 0 Å². The quantitative estimate of drug-likeness (QED) is 0.816. The SMILES string of the molecule is CCOc1cccc(NC2CN3CCC2CC3)c1N. The molecule has 3 N–H and O–H groups in total. The zero-order valence-electron chi connectivity index (χ0n) is 11.6. The molecule has 0 saturated carbocycles. The predicted octanol–water partition coefficient (Wildman–Crippen LogP) is 2.17. The number of benzene rings is 1. The van der Waals surface area contributed by atoms with Gasteiger partial charge in [0.25, 0.3) is 0 Å². The summed E-state index contributed by atoms with van der Waals surface area (Å²) < 4.78 is 5.55. The van der Waals surface area contributed by atoms with Crippen molar-refractivity contribution in [2.45, 2.75) is 25.8 Å². The minimum atomic E-state index is 0.529. The Kier molecular flexibility index (Phi) is 3.51. The third kappa shape index (κ3) is 2.50. The van der Waals surface area contributed by atoms with Crippen LogP contribution < -0.4 is 15.8 Å². The number of para-hydroxylation sites is 1. The first kappa shape index (κ1) is 12.6. The highest BCUT2D eigenvalue weighted by atomic mass is 16.5. The van der Waals surface area contributed by atoms with Crippen LogP contribution in [-0.4, -0.2) is 37.2 Å². The first-order chi connectivity index (χ1) is 9.28. The summed E-state index contributed by atoms with van der Waals surface area (Å²) >= 11 is 0. The molecule has 3 saturated heterocycles. The predicted molar refractivity (Wildman–Crippen MR) is 78.6 cm³/mol. The number of piperidine rings is 3. The zero-order valence-corrected chi connectivity index (χ0v) is 11.6. The van der Waals surface area contributed by atoms with Gasteiger partial charge < -0.3 is 20.7 Å². The van der Waals surface area contributed by atoms with E-state index in [1.807, 2.05) is 19.1 Å². The highest BCUT2D eigenvalue weighted by molar-refractivity contribution is 5.73. The Morgan fingerprint density at radius 2 is 2.16 bits per heavy atom. The van der Waals surface area contributed by atoms with Crippen LogP contribution in [0.15, 0.2) is 18.2 Å². The number of rotatable bonds is 4. The fraction of sp³-hybridized carbons (Fsp3) is 0.600. The molecule has 3 aliphatic rings. The molecule has 0 aromatic heterocycles. The molecule has 4 nitrogen and oxygen atoms in total. The van der Waals surface area contributed by atoms with Crippen molar-refractivity contribution < 1.29 is 4.74 Å². The summed E-state index contributed by atoms with van der Waals surface area (Å²) in [7, 11) is 0. The van der Waals surface area contributed by atoms with Crippen molar-refractivity contribution in [2.75, 3.05) is 37.3 Å². The molecule has 1 unspecified atom stereocenters. The number of anilines is 2. The van der Waals surface area contributed by atoms with E-state index in [9.17, 15) is 0 Å². The van der Waals surface area contributed by atoms with E-state index in [2.05, 4.69) is 16.3 Å². The lowest BCUT2D eigenvalue weighted by Crippen LogP contribution is -2.53. The lowest BCUT2D eigenvalue weighted by atomic mass is 9.84. The Morgan fingerprint density at radius 3 is 2.79 bits per heavy atom. The largest absolute Gasteiger partial charge is 0.492 e. The van der Waals surface area contributed by atoms with Gasteiger partial charge in [-0.25, -0.2) is 0 Å². The van der Waals surface area contributed by atoms with Crippen LogP contribution in [0, 0.1) is 5.92 Å². The highest BCUT2D eigenvalue weighted by Crippen LogP contribution is 2.34. The number of nitrogens with one attached hydrogen (secondary N) is 1. The Balaban J connectivity index is 1.74. The molecule has 1 aromatic carbocycles. The molecule has 3 aliphatic heterocycles. The van der Waals surface area contributed by atoms with E-state index >= 15 is 0 Å². The number of nitrogen functional groups attached to an aromatic ring is 1. The molecule has 1 atom stereocenters. The van der Waals surface area contributed by atoms with Crippen LogP contribution in [0.25, 0.3) is 0 Å². The van der Waals surface area contributed by atoms with Crippen LogP contribution in [0.3, 0.4) is 0 Å². The van der Waals surface area contributed by atoms with E-state index in [0.717, 1.165) is 29.6 Å². The summed E-state index contributed by atoms with van der Waals surface area (Å²) in [6.07, 6.45) is 2.62. The summed E-state index contributed by atoms with van der Waals surface area (Å²) in [6.45, 7) is 6.29. The number of hydrogen-bond acceptors (Lipinski definition) is 4. The van der Waals surface area contributed by atoms with E-state index in [0.29, 0.717) is 12.6 Å². The molecule has 0 amide bonds. The molecule has 0 aliphatic carbocycles. The van der Waals surface area contributed by atoms with Crippen molar-refractivity contribution in [1.29, 1.82) is 0 Å². The number of nitrogens with two attached hydrogens (primary N) is 1. The van der Waals surface area contributed by atoms with Gasteiger partial charge in [0.2, 0.25) is 0 Å². The number of nitrogens with zero attached hydrogens (tertiary/aromatic N) is 1. The first-order valence-electron chi connectivity index (χ1n) is 7.28. The molecule has 0 spiro atoms. The molecule has 3 fully saturated rings. The molecular formula is C15H23N3O.